The summed E-state index contributed by atoms with van der Waals surface area (Å²) in [7, 11) is 0. The first kappa shape index (κ1) is 15.1. The molecule has 0 atom stereocenters. The summed E-state index contributed by atoms with van der Waals surface area (Å²) >= 11 is 0. The first-order chi connectivity index (χ1) is 9.92. The smallest absolute Gasteiger partial charge is 0.134 e. The van der Waals surface area contributed by atoms with E-state index in [1.807, 2.05) is 6.92 Å². The normalized spacial score (nSPS) is 10.5. The standard InChI is InChI=1S/C18H22N2O/c1-6-12(3)16-8-11(2)7-13(4)17(16)20-18-14(5)9-15(21)10-19-18/h7-10,21H,3,6H2,1-2,4-5H3,(H,19,20). The lowest BCUT2D eigenvalue weighted by Crippen LogP contribution is -2.02. The van der Waals surface area contributed by atoms with Crippen molar-refractivity contribution in [3.63, 3.8) is 0 Å². The van der Waals surface area contributed by atoms with Crippen LogP contribution in [0.2, 0.25) is 0 Å². The Bertz CT molecular complexity index is 690. The second-order valence-electron chi connectivity index (χ2n) is 5.45. The lowest BCUT2D eigenvalue weighted by atomic mass is 9.97. The molecule has 0 unspecified atom stereocenters. The van der Waals surface area contributed by atoms with Crippen molar-refractivity contribution >= 4 is 17.1 Å². The summed E-state index contributed by atoms with van der Waals surface area (Å²) in [5.74, 6) is 0.932. The predicted octanol–water partition coefficient (Wildman–Crippen LogP) is 4.88. The number of hydrogen-bond acceptors (Lipinski definition) is 3. The number of anilines is 2. The van der Waals surface area contributed by atoms with Gasteiger partial charge in [-0.2, -0.15) is 0 Å². The van der Waals surface area contributed by atoms with Crippen LogP contribution in [0, 0.1) is 20.8 Å². The molecule has 0 aliphatic rings. The molecule has 3 heteroatoms. The Morgan fingerprint density at radius 2 is 1.90 bits per heavy atom. The van der Waals surface area contributed by atoms with Crippen LogP contribution >= 0.6 is 0 Å². The van der Waals surface area contributed by atoms with E-state index in [4.69, 9.17) is 0 Å². The highest BCUT2D eigenvalue weighted by atomic mass is 16.3. The van der Waals surface area contributed by atoms with Gasteiger partial charge in [-0.1, -0.05) is 25.1 Å². The predicted molar refractivity (Wildman–Crippen MR) is 89.2 cm³/mol. The fourth-order valence-corrected chi connectivity index (χ4v) is 2.41. The minimum absolute atomic E-state index is 0.178. The van der Waals surface area contributed by atoms with E-state index in [9.17, 15) is 5.11 Å². The Morgan fingerprint density at radius 3 is 2.52 bits per heavy atom. The number of aryl methyl sites for hydroxylation is 3. The van der Waals surface area contributed by atoms with Gasteiger partial charge in [0.05, 0.1) is 11.9 Å². The zero-order chi connectivity index (χ0) is 15.6. The summed E-state index contributed by atoms with van der Waals surface area (Å²) in [5, 5.41) is 12.9. The van der Waals surface area contributed by atoms with E-state index in [1.165, 1.54) is 11.8 Å². The van der Waals surface area contributed by atoms with Gasteiger partial charge in [-0.05, 0) is 56.0 Å². The summed E-state index contributed by atoms with van der Waals surface area (Å²) in [6.07, 6.45) is 2.35. The van der Waals surface area contributed by atoms with Crippen molar-refractivity contribution in [1.29, 1.82) is 0 Å². The van der Waals surface area contributed by atoms with Gasteiger partial charge in [0.2, 0.25) is 0 Å². The van der Waals surface area contributed by atoms with Crippen molar-refractivity contribution in [2.24, 2.45) is 0 Å². The van der Waals surface area contributed by atoms with Crippen LogP contribution in [-0.2, 0) is 0 Å². The van der Waals surface area contributed by atoms with Crippen LogP contribution in [0.15, 0.2) is 31.0 Å². The molecule has 3 nitrogen and oxygen atoms in total. The van der Waals surface area contributed by atoms with Gasteiger partial charge in [-0.25, -0.2) is 4.98 Å². The third-order valence-corrected chi connectivity index (χ3v) is 3.59. The van der Waals surface area contributed by atoms with Gasteiger partial charge in [-0.15, -0.1) is 0 Å². The molecule has 0 spiro atoms. The van der Waals surface area contributed by atoms with Crippen LogP contribution in [0.1, 0.15) is 35.6 Å². The second-order valence-corrected chi connectivity index (χ2v) is 5.45. The number of aromatic hydroxyl groups is 1. The Morgan fingerprint density at radius 1 is 1.19 bits per heavy atom. The average molecular weight is 282 g/mol. The molecule has 0 amide bonds. The fraction of sp³-hybridized carbons (Fsp3) is 0.278. The van der Waals surface area contributed by atoms with Crippen LogP contribution in [-0.4, -0.2) is 10.1 Å². The highest BCUT2D eigenvalue weighted by Crippen LogP contribution is 2.32. The molecule has 2 aromatic rings. The first-order valence-electron chi connectivity index (χ1n) is 7.14. The van der Waals surface area contributed by atoms with Gasteiger partial charge in [0.15, 0.2) is 0 Å². The van der Waals surface area contributed by atoms with Crippen molar-refractivity contribution in [3.05, 3.63) is 53.2 Å². The molecule has 21 heavy (non-hydrogen) atoms. The minimum atomic E-state index is 0.178. The summed E-state index contributed by atoms with van der Waals surface area (Å²) < 4.78 is 0. The monoisotopic (exact) mass is 282 g/mol. The van der Waals surface area contributed by atoms with E-state index in [1.54, 1.807) is 6.07 Å². The Labute approximate surface area is 126 Å². The van der Waals surface area contributed by atoms with E-state index >= 15 is 0 Å². The number of hydrogen-bond donors (Lipinski definition) is 2. The molecule has 0 fully saturated rings. The van der Waals surface area contributed by atoms with Gasteiger partial charge < -0.3 is 10.4 Å². The van der Waals surface area contributed by atoms with E-state index in [2.05, 4.69) is 49.8 Å². The fourth-order valence-electron chi connectivity index (χ4n) is 2.41. The Balaban J connectivity index is 2.50. The third kappa shape index (κ3) is 3.24. The average Bonchev–Trinajstić information content (AvgIpc) is 2.42. The zero-order valence-corrected chi connectivity index (χ0v) is 13.1. The van der Waals surface area contributed by atoms with E-state index in [0.717, 1.165) is 40.2 Å². The summed E-state index contributed by atoms with van der Waals surface area (Å²) in [6.45, 7) is 12.4. The lowest BCUT2D eigenvalue weighted by molar-refractivity contribution is 0.472. The van der Waals surface area contributed by atoms with Gasteiger partial charge in [-0.3, -0.25) is 0 Å². The number of nitrogens with zero attached hydrogens (tertiary/aromatic N) is 1. The molecular weight excluding hydrogens is 260 g/mol. The number of allylic oxidation sites excluding steroid dienone is 1. The molecule has 2 N–H and O–H groups in total. The van der Waals surface area contributed by atoms with Crippen molar-refractivity contribution in [1.82, 2.24) is 4.98 Å². The van der Waals surface area contributed by atoms with Crippen LogP contribution in [0.25, 0.3) is 5.57 Å². The number of pyridine rings is 1. The van der Waals surface area contributed by atoms with Crippen molar-refractivity contribution in [2.45, 2.75) is 34.1 Å². The summed E-state index contributed by atoms with van der Waals surface area (Å²) in [6, 6.07) is 5.99. The molecule has 0 aliphatic carbocycles. The summed E-state index contributed by atoms with van der Waals surface area (Å²) in [5.41, 5.74) is 6.55. The SMILES string of the molecule is C=C(CC)c1cc(C)cc(C)c1Nc1ncc(O)cc1C. The third-order valence-electron chi connectivity index (χ3n) is 3.59. The molecule has 0 saturated carbocycles. The quantitative estimate of drug-likeness (QED) is 0.840. The first-order valence-corrected chi connectivity index (χ1v) is 7.14. The van der Waals surface area contributed by atoms with E-state index in [-0.39, 0.29) is 5.75 Å². The maximum absolute atomic E-state index is 9.47. The number of nitrogens with one attached hydrogen (secondary N) is 1. The highest BCUT2D eigenvalue weighted by molar-refractivity contribution is 5.80. The van der Waals surface area contributed by atoms with Crippen molar-refractivity contribution < 1.29 is 5.11 Å². The number of benzene rings is 1. The summed E-state index contributed by atoms with van der Waals surface area (Å²) in [4.78, 5) is 4.27. The van der Waals surface area contributed by atoms with Gasteiger partial charge in [0.1, 0.15) is 11.6 Å². The molecule has 0 saturated heterocycles. The maximum atomic E-state index is 9.47. The second kappa shape index (κ2) is 6.00. The highest BCUT2D eigenvalue weighted by Gasteiger charge is 2.11. The molecule has 1 aromatic heterocycles. The molecule has 0 bridgehead atoms. The van der Waals surface area contributed by atoms with Crippen molar-refractivity contribution in [2.75, 3.05) is 5.32 Å². The molecule has 1 aromatic carbocycles. The lowest BCUT2D eigenvalue weighted by Gasteiger charge is -2.18. The Kier molecular flexibility index (Phi) is 4.32. The van der Waals surface area contributed by atoms with Gasteiger partial charge >= 0.3 is 0 Å². The van der Waals surface area contributed by atoms with E-state index in [0.29, 0.717) is 0 Å². The molecule has 110 valence electrons. The minimum Gasteiger partial charge on any atom is -0.506 e. The molecule has 2 rings (SSSR count). The topological polar surface area (TPSA) is 45.2 Å². The Hall–Kier alpha value is -2.29. The number of aromatic nitrogens is 1. The molecule has 0 aliphatic heterocycles. The van der Waals surface area contributed by atoms with E-state index < -0.39 is 0 Å². The largest absolute Gasteiger partial charge is 0.506 e. The maximum Gasteiger partial charge on any atom is 0.134 e. The van der Waals surface area contributed by atoms with Gasteiger partial charge in [0.25, 0.3) is 0 Å². The molecular formula is C18H22N2O. The van der Waals surface area contributed by atoms with Crippen molar-refractivity contribution in [3.8, 4) is 5.75 Å². The van der Waals surface area contributed by atoms with Gasteiger partial charge in [0, 0.05) is 5.56 Å². The molecule has 0 radical (unpaired) electrons. The molecule has 1 heterocycles. The zero-order valence-electron chi connectivity index (χ0n) is 13.1. The van der Waals surface area contributed by atoms with Crippen LogP contribution in [0.3, 0.4) is 0 Å². The van der Waals surface area contributed by atoms with Crippen LogP contribution in [0.5, 0.6) is 5.75 Å². The van der Waals surface area contributed by atoms with Crippen LogP contribution in [0.4, 0.5) is 11.5 Å². The number of rotatable bonds is 4. The van der Waals surface area contributed by atoms with Crippen LogP contribution < -0.4 is 5.32 Å².